The fourth-order valence-electron chi connectivity index (χ4n) is 4.13. The molecule has 3 aromatic rings. The monoisotopic (exact) mass is 512 g/mol. The highest BCUT2D eigenvalue weighted by Gasteiger charge is 2.30. The van der Waals surface area contributed by atoms with Crippen LogP contribution in [0.5, 0.6) is 5.75 Å². The molecule has 2 atom stereocenters. The Kier molecular flexibility index (Phi) is 7.88. The Balaban J connectivity index is 1.48. The van der Waals surface area contributed by atoms with Gasteiger partial charge in [0.2, 0.25) is 0 Å². The number of hydrogen-bond acceptors (Lipinski definition) is 8. The molecule has 10 heteroatoms. The molecular formula is C26H28N2O7S. The van der Waals surface area contributed by atoms with Gasteiger partial charge in [-0.3, -0.25) is 14.3 Å². The molecule has 0 saturated carbocycles. The van der Waals surface area contributed by atoms with Crippen LogP contribution >= 0.6 is 0 Å². The Morgan fingerprint density at radius 2 is 1.86 bits per heavy atom. The van der Waals surface area contributed by atoms with Gasteiger partial charge >= 0.3 is 0 Å². The second kappa shape index (κ2) is 11.1. The first kappa shape index (κ1) is 25.6. The number of fused-ring (bicyclic) bond motifs is 1. The summed E-state index contributed by atoms with van der Waals surface area (Å²) < 4.78 is 36.5. The molecule has 2 unspecified atom stereocenters. The molecule has 1 aliphatic heterocycles. The van der Waals surface area contributed by atoms with Crippen molar-refractivity contribution in [3.8, 4) is 5.75 Å². The summed E-state index contributed by atoms with van der Waals surface area (Å²) >= 11 is 0. The number of non-ortho nitro benzene ring substituents is 1. The van der Waals surface area contributed by atoms with Gasteiger partial charge < -0.3 is 14.7 Å². The Bertz CT molecular complexity index is 1300. The lowest BCUT2D eigenvalue weighted by molar-refractivity contribution is -0.384. The van der Waals surface area contributed by atoms with E-state index in [9.17, 15) is 23.6 Å². The smallest absolute Gasteiger partial charge is 0.296 e. The van der Waals surface area contributed by atoms with Gasteiger partial charge in [-0.15, -0.1) is 0 Å². The first-order chi connectivity index (χ1) is 17.2. The number of anilines is 1. The number of nitro benzene ring substituents is 1. The molecule has 1 heterocycles. The Labute approximate surface area is 210 Å². The van der Waals surface area contributed by atoms with Crippen LogP contribution in [-0.2, 0) is 20.8 Å². The van der Waals surface area contributed by atoms with Gasteiger partial charge in [-0.2, -0.15) is 8.42 Å². The average molecular weight is 513 g/mol. The fourth-order valence-corrected chi connectivity index (χ4v) is 5.11. The molecule has 9 nitrogen and oxygen atoms in total. The number of nitrogens with zero attached hydrogens (tertiary/aromatic N) is 2. The lowest BCUT2D eigenvalue weighted by Gasteiger charge is -2.37. The molecule has 36 heavy (non-hydrogen) atoms. The van der Waals surface area contributed by atoms with E-state index >= 15 is 0 Å². The standard InChI is InChI=1S/C26H28N2O7S/c1-19-7-10-24(11-8-19)36(32,33)34-18-21(17-29)13-23-16-27(15-20-5-3-2-4-6-20)25-14-22(28(30)31)9-12-26(25)35-23/h2-12,14,21,23,29H,13,15-18H2,1H3. The third-order valence-corrected chi connectivity index (χ3v) is 7.35. The van der Waals surface area contributed by atoms with E-state index in [1.165, 1.54) is 24.3 Å². The summed E-state index contributed by atoms with van der Waals surface area (Å²) in [5, 5.41) is 21.3. The molecule has 0 aromatic heterocycles. The van der Waals surface area contributed by atoms with Crippen LogP contribution in [-0.4, -0.2) is 44.3 Å². The van der Waals surface area contributed by atoms with Crippen LogP contribution in [0.1, 0.15) is 17.5 Å². The molecule has 190 valence electrons. The quantitative estimate of drug-likeness (QED) is 0.245. The van der Waals surface area contributed by atoms with Crippen molar-refractivity contribution in [3.05, 3.63) is 94.0 Å². The van der Waals surface area contributed by atoms with E-state index < -0.39 is 21.0 Å². The third kappa shape index (κ3) is 6.20. The Hall–Kier alpha value is -3.47. The van der Waals surface area contributed by atoms with Crippen LogP contribution < -0.4 is 9.64 Å². The molecule has 0 saturated heterocycles. The van der Waals surface area contributed by atoms with Crippen LogP contribution in [0.15, 0.2) is 77.7 Å². The van der Waals surface area contributed by atoms with E-state index in [1.54, 1.807) is 18.2 Å². The number of nitro groups is 1. The Morgan fingerprint density at radius 1 is 1.14 bits per heavy atom. The minimum absolute atomic E-state index is 0.0307. The molecular weight excluding hydrogens is 484 g/mol. The summed E-state index contributed by atoms with van der Waals surface area (Å²) in [4.78, 5) is 12.9. The fraction of sp³-hybridized carbons (Fsp3) is 0.308. The van der Waals surface area contributed by atoms with E-state index in [0.717, 1.165) is 11.1 Å². The molecule has 0 amide bonds. The van der Waals surface area contributed by atoms with Crippen LogP contribution in [0.4, 0.5) is 11.4 Å². The van der Waals surface area contributed by atoms with E-state index in [2.05, 4.69) is 0 Å². The van der Waals surface area contributed by atoms with Gasteiger partial charge in [0.1, 0.15) is 11.9 Å². The lowest BCUT2D eigenvalue weighted by Crippen LogP contribution is -2.41. The maximum absolute atomic E-state index is 12.6. The SMILES string of the molecule is Cc1ccc(S(=O)(=O)OCC(CO)CC2CN(Cc3ccccc3)c3cc([N+](=O)[O-])ccc3O2)cc1. The number of rotatable bonds is 10. The van der Waals surface area contributed by atoms with E-state index in [-0.39, 0.29) is 29.9 Å². The van der Waals surface area contributed by atoms with Gasteiger partial charge in [-0.05, 0) is 37.1 Å². The van der Waals surface area contributed by atoms with Crippen molar-refractivity contribution in [3.63, 3.8) is 0 Å². The van der Waals surface area contributed by atoms with E-state index in [1.807, 2.05) is 42.2 Å². The summed E-state index contributed by atoms with van der Waals surface area (Å²) in [7, 11) is -3.96. The largest absolute Gasteiger partial charge is 0.486 e. The molecule has 1 aliphatic rings. The zero-order chi connectivity index (χ0) is 25.7. The highest BCUT2D eigenvalue weighted by Crippen LogP contribution is 2.38. The predicted octanol–water partition coefficient (Wildman–Crippen LogP) is 4.07. The minimum Gasteiger partial charge on any atom is -0.486 e. The molecule has 1 N–H and O–H groups in total. The van der Waals surface area contributed by atoms with Crippen molar-refractivity contribution in [1.82, 2.24) is 0 Å². The molecule has 3 aromatic carbocycles. The number of aliphatic hydroxyl groups excluding tert-OH is 1. The van der Waals surface area contributed by atoms with Crippen molar-refractivity contribution >= 4 is 21.5 Å². The number of hydrogen-bond donors (Lipinski definition) is 1. The normalized spacial score (nSPS) is 16.2. The van der Waals surface area contributed by atoms with Gasteiger partial charge in [0.05, 0.1) is 28.7 Å². The zero-order valence-corrected chi connectivity index (χ0v) is 20.6. The second-order valence-corrected chi connectivity index (χ2v) is 10.5. The van der Waals surface area contributed by atoms with Crippen molar-refractivity contribution in [2.45, 2.75) is 30.9 Å². The predicted molar refractivity (Wildman–Crippen MR) is 135 cm³/mol. The maximum Gasteiger partial charge on any atom is 0.296 e. The topological polar surface area (TPSA) is 119 Å². The van der Waals surface area contributed by atoms with Crippen LogP contribution in [0.2, 0.25) is 0 Å². The molecule has 0 radical (unpaired) electrons. The number of ether oxygens (including phenoxy) is 1. The summed E-state index contributed by atoms with van der Waals surface area (Å²) in [5.41, 5.74) is 2.55. The summed E-state index contributed by atoms with van der Waals surface area (Å²) in [6.07, 6.45) is -0.0488. The van der Waals surface area contributed by atoms with Gasteiger partial charge in [-0.25, -0.2) is 0 Å². The Morgan fingerprint density at radius 3 is 2.53 bits per heavy atom. The summed E-state index contributed by atoms with van der Waals surface area (Å²) in [5.74, 6) is 0.00561. The number of aryl methyl sites for hydroxylation is 1. The number of aliphatic hydroxyl groups is 1. The maximum atomic E-state index is 12.6. The van der Waals surface area contributed by atoms with Gasteiger partial charge in [0, 0.05) is 31.2 Å². The molecule has 0 fully saturated rings. The van der Waals surface area contributed by atoms with Crippen molar-refractivity contribution in [2.24, 2.45) is 5.92 Å². The molecule has 0 bridgehead atoms. The van der Waals surface area contributed by atoms with E-state index in [0.29, 0.717) is 30.9 Å². The van der Waals surface area contributed by atoms with Crippen molar-refractivity contribution in [1.29, 1.82) is 0 Å². The molecule has 0 spiro atoms. The van der Waals surface area contributed by atoms with Crippen molar-refractivity contribution < 1.29 is 27.4 Å². The zero-order valence-electron chi connectivity index (χ0n) is 19.8. The molecule has 0 aliphatic carbocycles. The van der Waals surface area contributed by atoms with Crippen molar-refractivity contribution in [2.75, 3.05) is 24.7 Å². The number of benzene rings is 3. The van der Waals surface area contributed by atoms with E-state index in [4.69, 9.17) is 8.92 Å². The van der Waals surface area contributed by atoms with Crippen LogP contribution in [0, 0.1) is 23.0 Å². The second-order valence-electron chi connectivity index (χ2n) is 8.85. The van der Waals surface area contributed by atoms with Gasteiger partial charge in [0.15, 0.2) is 0 Å². The third-order valence-electron chi connectivity index (χ3n) is 6.05. The first-order valence-corrected chi connectivity index (χ1v) is 13.0. The minimum atomic E-state index is -3.96. The summed E-state index contributed by atoms with van der Waals surface area (Å²) in [6, 6.07) is 20.5. The van der Waals surface area contributed by atoms with Crippen LogP contribution in [0.25, 0.3) is 0 Å². The first-order valence-electron chi connectivity index (χ1n) is 11.6. The van der Waals surface area contributed by atoms with Crippen LogP contribution in [0.3, 0.4) is 0 Å². The average Bonchev–Trinajstić information content (AvgIpc) is 2.87. The molecule has 4 rings (SSSR count). The summed E-state index contributed by atoms with van der Waals surface area (Å²) in [6.45, 7) is 2.30. The lowest BCUT2D eigenvalue weighted by atomic mass is 10.0. The highest BCUT2D eigenvalue weighted by atomic mass is 32.2. The van der Waals surface area contributed by atoms with Gasteiger partial charge in [-0.1, -0.05) is 48.0 Å². The van der Waals surface area contributed by atoms with Gasteiger partial charge in [0.25, 0.3) is 15.8 Å². The highest BCUT2D eigenvalue weighted by molar-refractivity contribution is 7.86.